The Bertz CT molecular complexity index is 291. The van der Waals surface area contributed by atoms with Crippen molar-refractivity contribution in [3.05, 3.63) is 29.8 Å². The standard InChI is InChI=1S/C12H18FNO/c1-2-11(14)10-6-3-4-7-12(10)15-9-5-8-13/h3-4,6-7,11H,2,5,8-9,14H2,1H3/t11-/m1/s1. The number of hydrogen-bond acceptors (Lipinski definition) is 2. The molecular weight excluding hydrogens is 193 g/mol. The average molecular weight is 211 g/mol. The number of hydrogen-bond donors (Lipinski definition) is 1. The van der Waals surface area contributed by atoms with Crippen LogP contribution in [-0.4, -0.2) is 13.3 Å². The first-order valence-electron chi connectivity index (χ1n) is 5.32. The zero-order chi connectivity index (χ0) is 11.1. The highest BCUT2D eigenvalue weighted by Gasteiger charge is 2.09. The highest BCUT2D eigenvalue weighted by atomic mass is 19.1. The van der Waals surface area contributed by atoms with E-state index in [1.54, 1.807) is 0 Å². The molecule has 1 aromatic carbocycles. The molecule has 0 radical (unpaired) electrons. The fourth-order valence-corrected chi connectivity index (χ4v) is 1.37. The summed E-state index contributed by atoms with van der Waals surface area (Å²) in [4.78, 5) is 0. The lowest BCUT2D eigenvalue weighted by Crippen LogP contribution is -2.11. The Balaban J connectivity index is 2.68. The number of benzene rings is 1. The minimum Gasteiger partial charge on any atom is -0.493 e. The first kappa shape index (κ1) is 12.0. The molecule has 0 aliphatic heterocycles. The molecule has 15 heavy (non-hydrogen) atoms. The molecule has 0 aromatic heterocycles. The van der Waals surface area contributed by atoms with Crippen LogP contribution in [0.25, 0.3) is 0 Å². The summed E-state index contributed by atoms with van der Waals surface area (Å²) in [7, 11) is 0. The van der Waals surface area contributed by atoms with E-state index in [2.05, 4.69) is 0 Å². The van der Waals surface area contributed by atoms with E-state index in [0.717, 1.165) is 17.7 Å². The molecule has 2 nitrogen and oxygen atoms in total. The largest absolute Gasteiger partial charge is 0.493 e. The molecule has 0 aliphatic rings. The predicted octanol–water partition coefficient (Wildman–Crippen LogP) is 2.83. The van der Waals surface area contributed by atoms with Crippen LogP contribution in [0.3, 0.4) is 0 Å². The molecule has 1 aromatic rings. The Morgan fingerprint density at radius 3 is 2.80 bits per heavy atom. The molecule has 84 valence electrons. The second kappa shape index (κ2) is 6.40. The molecule has 0 saturated carbocycles. The lowest BCUT2D eigenvalue weighted by atomic mass is 10.0. The van der Waals surface area contributed by atoms with Gasteiger partial charge in [0.2, 0.25) is 0 Å². The summed E-state index contributed by atoms with van der Waals surface area (Å²) in [6.45, 7) is 2.09. The van der Waals surface area contributed by atoms with Crippen molar-refractivity contribution in [2.45, 2.75) is 25.8 Å². The van der Waals surface area contributed by atoms with Gasteiger partial charge >= 0.3 is 0 Å². The molecule has 0 saturated heterocycles. The second-order valence-electron chi connectivity index (χ2n) is 3.44. The van der Waals surface area contributed by atoms with Crippen LogP contribution in [0.4, 0.5) is 4.39 Å². The van der Waals surface area contributed by atoms with Gasteiger partial charge in [0.05, 0.1) is 13.3 Å². The van der Waals surface area contributed by atoms with Crippen LogP contribution in [0.2, 0.25) is 0 Å². The third kappa shape index (κ3) is 3.51. The van der Waals surface area contributed by atoms with Crippen molar-refractivity contribution in [1.29, 1.82) is 0 Å². The summed E-state index contributed by atoms with van der Waals surface area (Å²) in [5.74, 6) is 0.778. The fraction of sp³-hybridized carbons (Fsp3) is 0.500. The van der Waals surface area contributed by atoms with Crippen molar-refractivity contribution >= 4 is 0 Å². The summed E-state index contributed by atoms with van der Waals surface area (Å²) >= 11 is 0. The van der Waals surface area contributed by atoms with E-state index in [1.807, 2.05) is 31.2 Å². The maximum Gasteiger partial charge on any atom is 0.124 e. The minimum atomic E-state index is -0.345. The Morgan fingerprint density at radius 2 is 2.13 bits per heavy atom. The molecule has 0 unspecified atom stereocenters. The molecule has 0 amide bonds. The number of nitrogens with two attached hydrogens (primary N) is 1. The van der Waals surface area contributed by atoms with E-state index in [4.69, 9.17) is 10.5 Å². The van der Waals surface area contributed by atoms with E-state index in [9.17, 15) is 4.39 Å². The molecule has 1 rings (SSSR count). The van der Waals surface area contributed by atoms with E-state index in [0.29, 0.717) is 13.0 Å². The minimum absolute atomic E-state index is 0.00780. The molecule has 3 heteroatoms. The van der Waals surface area contributed by atoms with E-state index in [1.165, 1.54) is 0 Å². The summed E-state index contributed by atoms with van der Waals surface area (Å²) in [5, 5.41) is 0. The topological polar surface area (TPSA) is 35.2 Å². The zero-order valence-electron chi connectivity index (χ0n) is 9.08. The van der Waals surface area contributed by atoms with Gasteiger partial charge in [0.1, 0.15) is 5.75 Å². The lowest BCUT2D eigenvalue weighted by Gasteiger charge is -2.15. The maximum absolute atomic E-state index is 11.9. The van der Waals surface area contributed by atoms with Crippen molar-refractivity contribution in [1.82, 2.24) is 0 Å². The molecule has 0 fully saturated rings. The van der Waals surface area contributed by atoms with Crippen LogP contribution in [0.5, 0.6) is 5.75 Å². The number of rotatable bonds is 6. The number of halogens is 1. The highest BCUT2D eigenvalue weighted by molar-refractivity contribution is 5.35. The third-order valence-electron chi connectivity index (χ3n) is 2.29. The molecule has 0 aliphatic carbocycles. The van der Waals surface area contributed by atoms with Crippen LogP contribution in [-0.2, 0) is 0 Å². The summed E-state index contributed by atoms with van der Waals surface area (Å²) in [6, 6.07) is 7.66. The van der Waals surface area contributed by atoms with Crippen LogP contribution in [0.1, 0.15) is 31.4 Å². The van der Waals surface area contributed by atoms with E-state index in [-0.39, 0.29) is 12.7 Å². The van der Waals surface area contributed by atoms with Gasteiger partial charge in [0.25, 0.3) is 0 Å². The van der Waals surface area contributed by atoms with Crippen molar-refractivity contribution < 1.29 is 9.13 Å². The summed E-state index contributed by atoms with van der Waals surface area (Å²) in [6.07, 6.45) is 1.29. The van der Waals surface area contributed by atoms with Crippen LogP contribution < -0.4 is 10.5 Å². The molecular formula is C12H18FNO. The van der Waals surface area contributed by atoms with Gasteiger partial charge in [-0.1, -0.05) is 25.1 Å². The third-order valence-corrected chi connectivity index (χ3v) is 2.29. The van der Waals surface area contributed by atoms with Crippen molar-refractivity contribution in [3.63, 3.8) is 0 Å². The number of ether oxygens (including phenoxy) is 1. The first-order chi connectivity index (χ1) is 7.29. The highest BCUT2D eigenvalue weighted by Crippen LogP contribution is 2.25. The Morgan fingerprint density at radius 1 is 1.40 bits per heavy atom. The number of alkyl halides is 1. The lowest BCUT2D eigenvalue weighted by molar-refractivity contribution is 0.285. The van der Waals surface area contributed by atoms with Crippen LogP contribution in [0.15, 0.2) is 24.3 Å². The monoisotopic (exact) mass is 211 g/mol. The van der Waals surface area contributed by atoms with Gasteiger partial charge in [0.15, 0.2) is 0 Å². The summed E-state index contributed by atoms with van der Waals surface area (Å²) < 4.78 is 17.4. The Kier molecular flexibility index (Phi) is 5.12. The van der Waals surface area contributed by atoms with Gasteiger partial charge < -0.3 is 10.5 Å². The molecule has 0 spiro atoms. The maximum atomic E-state index is 11.9. The van der Waals surface area contributed by atoms with Gasteiger partial charge in [-0.2, -0.15) is 0 Å². The van der Waals surface area contributed by atoms with Crippen LogP contribution >= 0.6 is 0 Å². The van der Waals surface area contributed by atoms with Gasteiger partial charge in [-0.3, -0.25) is 4.39 Å². The SMILES string of the molecule is CC[C@@H](N)c1ccccc1OCCCF. The fourth-order valence-electron chi connectivity index (χ4n) is 1.37. The van der Waals surface area contributed by atoms with Gasteiger partial charge in [-0.15, -0.1) is 0 Å². The smallest absolute Gasteiger partial charge is 0.124 e. The zero-order valence-corrected chi connectivity index (χ0v) is 9.08. The molecule has 1 atom stereocenters. The Hall–Kier alpha value is -1.09. The van der Waals surface area contributed by atoms with Gasteiger partial charge in [0, 0.05) is 18.0 Å². The summed E-state index contributed by atoms with van der Waals surface area (Å²) in [5.41, 5.74) is 6.94. The second-order valence-corrected chi connectivity index (χ2v) is 3.44. The van der Waals surface area contributed by atoms with E-state index >= 15 is 0 Å². The van der Waals surface area contributed by atoms with Crippen molar-refractivity contribution in [2.24, 2.45) is 5.73 Å². The van der Waals surface area contributed by atoms with Gasteiger partial charge in [-0.25, -0.2) is 0 Å². The Labute approximate surface area is 90.2 Å². The molecule has 2 N–H and O–H groups in total. The van der Waals surface area contributed by atoms with Crippen LogP contribution in [0, 0.1) is 0 Å². The van der Waals surface area contributed by atoms with E-state index < -0.39 is 0 Å². The van der Waals surface area contributed by atoms with Gasteiger partial charge in [-0.05, 0) is 12.5 Å². The average Bonchev–Trinajstić information content (AvgIpc) is 2.29. The molecule has 0 heterocycles. The quantitative estimate of drug-likeness (QED) is 0.734. The number of para-hydroxylation sites is 1. The van der Waals surface area contributed by atoms with Crippen molar-refractivity contribution in [2.75, 3.05) is 13.3 Å². The van der Waals surface area contributed by atoms with Crippen molar-refractivity contribution in [3.8, 4) is 5.75 Å². The molecule has 0 bridgehead atoms. The predicted molar refractivity (Wildman–Crippen MR) is 59.7 cm³/mol. The first-order valence-corrected chi connectivity index (χ1v) is 5.32. The normalized spacial score (nSPS) is 12.5.